The smallest absolute Gasteiger partial charge is 0.164 e. The number of fused-ring (bicyclic) bond motifs is 1. The maximum absolute atomic E-state index is 11.8. The highest BCUT2D eigenvalue weighted by Gasteiger charge is 2.29. The number of hydrogen-bond acceptors (Lipinski definition) is 2. The first-order valence-electron chi connectivity index (χ1n) is 5.38. The summed E-state index contributed by atoms with van der Waals surface area (Å²) in [5.74, 6) is 0.462. The summed E-state index contributed by atoms with van der Waals surface area (Å²) in [6, 6.07) is 11.8. The molecule has 0 amide bonds. The minimum Gasteiger partial charge on any atom is -0.294 e. The minimum atomic E-state index is 0.215. The Balaban J connectivity index is 2.11. The molecule has 78 valence electrons. The molecule has 1 atom stereocenters. The second-order valence-electron chi connectivity index (χ2n) is 4.05. The van der Waals surface area contributed by atoms with Crippen LogP contribution in [0.15, 0.2) is 48.8 Å². The number of carbonyl (C=O) groups excluding carboxylic acids is 1. The molecule has 0 unspecified atom stereocenters. The summed E-state index contributed by atoms with van der Waals surface area (Å²) in [5, 5.41) is 0. The lowest BCUT2D eigenvalue weighted by molar-refractivity contribution is 0.0991. The first kappa shape index (κ1) is 9.28. The van der Waals surface area contributed by atoms with Crippen LogP contribution in [0, 0.1) is 0 Å². The highest BCUT2D eigenvalue weighted by atomic mass is 16.1. The number of benzene rings is 1. The number of pyridine rings is 1. The molecule has 0 spiro atoms. The SMILES string of the molecule is O=C1C[C@H](c2ccncc2)c2ccccc21. The summed E-state index contributed by atoms with van der Waals surface area (Å²) < 4.78 is 0. The van der Waals surface area contributed by atoms with Gasteiger partial charge in [-0.15, -0.1) is 0 Å². The first-order valence-corrected chi connectivity index (χ1v) is 5.38. The van der Waals surface area contributed by atoms with Gasteiger partial charge in [-0.2, -0.15) is 0 Å². The van der Waals surface area contributed by atoms with E-state index in [2.05, 4.69) is 4.98 Å². The molecule has 1 heterocycles. The Hall–Kier alpha value is -1.96. The van der Waals surface area contributed by atoms with Crippen molar-refractivity contribution in [1.29, 1.82) is 0 Å². The second-order valence-corrected chi connectivity index (χ2v) is 4.05. The number of carbonyl (C=O) groups is 1. The van der Waals surface area contributed by atoms with E-state index in [1.54, 1.807) is 12.4 Å². The van der Waals surface area contributed by atoms with Gasteiger partial charge in [0.25, 0.3) is 0 Å². The lowest BCUT2D eigenvalue weighted by atomic mass is 9.94. The lowest BCUT2D eigenvalue weighted by Crippen LogP contribution is -1.96. The number of hydrogen-bond donors (Lipinski definition) is 0. The highest BCUT2D eigenvalue weighted by molar-refractivity contribution is 6.01. The summed E-state index contributed by atoms with van der Waals surface area (Å²) in [7, 11) is 0. The highest BCUT2D eigenvalue weighted by Crippen LogP contribution is 2.37. The van der Waals surface area contributed by atoms with Gasteiger partial charge >= 0.3 is 0 Å². The molecular weight excluding hydrogens is 198 g/mol. The van der Waals surface area contributed by atoms with E-state index in [1.807, 2.05) is 36.4 Å². The van der Waals surface area contributed by atoms with Crippen LogP contribution in [0.4, 0.5) is 0 Å². The lowest BCUT2D eigenvalue weighted by Gasteiger charge is -2.10. The zero-order valence-electron chi connectivity index (χ0n) is 8.76. The fraction of sp³-hybridized carbons (Fsp3) is 0.143. The summed E-state index contributed by atoms with van der Waals surface area (Å²) in [6.45, 7) is 0. The predicted octanol–water partition coefficient (Wildman–Crippen LogP) is 2.80. The average Bonchev–Trinajstić information content (AvgIpc) is 2.69. The number of ketones is 1. The Bertz CT molecular complexity index is 533. The average molecular weight is 209 g/mol. The van der Waals surface area contributed by atoms with Gasteiger partial charge in [-0.1, -0.05) is 24.3 Å². The molecule has 2 heteroatoms. The quantitative estimate of drug-likeness (QED) is 0.722. The van der Waals surface area contributed by atoms with Gasteiger partial charge in [-0.3, -0.25) is 9.78 Å². The normalized spacial score (nSPS) is 18.5. The van der Waals surface area contributed by atoms with Crippen molar-refractivity contribution in [1.82, 2.24) is 4.98 Å². The fourth-order valence-electron chi connectivity index (χ4n) is 2.35. The Morgan fingerprint density at radius 2 is 1.81 bits per heavy atom. The van der Waals surface area contributed by atoms with Gasteiger partial charge in [0.15, 0.2) is 5.78 Å². The largest absolute Gasteiger partial charge is 0.294 e. The van der Waals surface area contributed by atoms with Crippen molar-refractivity contribution in [3.8, 4) is 0 Å². The van der Waals surface area contributed by atoms with E-state index in [0.717, 1.165) is 11.1 Å². The molecule has 0 bridgehead atoms. The molecule has 1 aliphatic rings. The standard InChI is InChI=1S/C14H11NO/c16-14-9-13(10-5-7-15-8-6-10)11-3-1-2-4-12(11)14/h1-8,13H,9H2/t13-/m1/s1. The summed E-state index contributed by atoms with van der Waals surface area (Å²) in [6.07, 6.45) is 4.14. The first-order chi connectivity index (χ1) is 7.86. The molecule has 0 saturated heterocycles. The molecule has 1 aromatic carbocycles. The molecular formula is C14H11NO. The van der Waals surface area contributed by atoms with Gasteiger partial charge in [-0.05, 0) is 23.3 Å². The van der Waals surface area contributed by atoms with E-state index in [9.17, 15) is 4.79 Å². The summed E-state index contributed by atoms with van der Waals surface area (Å²) >= 11 is 0. The van der Waals surface area contributed by atoms with Gasteiger partial charge < -0.3 is 0 Å². The van der Waals surface area contributed by atoms with Crippen molar-refractivity contribution in [3.63, 3.8) is 0 Å². The summed E-state index contributed by atoms with van der Waals surface area (Å²) in [4.78, 5) is 15.8. The van der Waals surface area contributed by atoms with E-state index in [0.29, 0.717) is 6.42 Å². The van der Waals surface area contributed by atoms with E-state index in [-0.39, 0.29) is 11.7 Å². The van der Waals surface area contributed by atoms with E-state index >= 15 is 0 Å². The third-order valence-corrected chi connectivity index (χ3v) is 3.13. The Morgan fingerprint density at radius 1 is 1.06 bits per heavy atom. The molecule has 0 fully saturated rings. The van der Waals surface area contributed by atoms with Crippen LogP contribution in [0.2, 0.25) is 0 Å². The predicted molar refractivity (Wildman–Crippen MR) is 61.5 cm³/mol. The van der Waals surface area contributed by atoms with Crippen molar-refractivity contribution >= 4 is 5.78 Å². The maximum atomic E-state index is 11.8. The number of nitrogens with zero attached hydrogens (tertiary/aromatic N) is 1. The Morgan fingerprint density at radius 3 is 2.62 bits per heavy atom. The van der Waals surface area contributed by atoms with Crippen molar-refractivity contribution in [3.05, 3.63) is 65.5 Å². The van der Waals surface area contributed by atoms with Crippen LogP contribution in [0.25, 0.3) is 0 Å². The molecule has 16 heavy (non-hydrogen) atoms. The van der Waals surface area contributed by atoms with Crippen molar-refractivity contribution in [2.45, 2.75) is 12.3 Å². The number of rotatable bonds is 1. The molecule has 2 aromatic rings. The zero-order valence-corrected chi connectivity index (χ0v) is 8.76. The van der Waals surface area contributed by atoms with Gasteiger partial charge in [0.2, 0.25) is 0 Å². The van der Waals surface area contributed by atoms with Crippen LogP contribution in [-0.4, -0.2) is 10.8 Å². The van der Waals surface area contributed by atoms with E-state index in [1.165, 1.54) is 5.56 Å². The van der Waals surface area contributed by atoms with Crippen molar-refractivity contribution in [2.75, 3.05) is 0 Å². The molecule has 0 N–H and O–H groups in total. The topological polar surface area (TPSA) is 30.0 Å². The third kappa shape index (κ3) is 1.34. The van der Waals surface area contributed by atoms with Crippen molar-refractivity contribution in [2.24, 2.45) is 0 Å². The van der Waals surface area contributed by atoms with Gasteiger partial charge in [-0.25, -0.2) is 0 Å². The second kappa shape index (κ2) is 3.56. The van der Waals surface area contributed by atoms with Crippen LogP contribution in [0.5, 0.6) is 0 Å². The van der Waals surface area contributed by atoms with Crippen molar-refractivity contribution < 1.29 is 4.79 Å². The summed E-state index contributed by atoms with van der Waals surface area (Å²) in [5.41, 5.74) is 3.20. The molecule has 0 saturated carbocycles. The molecule has 2 nitrogen and oxygen atoms in total. The molecule has 1 aliphatic carbocycles. The molecule has 3 rings (SSSR count). The van der Waals surface area contributed by atoms with Crippen LogP contribution < -0.4 is 0 Å². The van der Waals surface area contributed by atoms with Crippen LogP contribution in [0.1, 0.15) is 33.8 Å². The Kier molecular flexibility index (Phi) is 2.07. The van der Waals surface area contributed by atoms with E-state index < -0.39 is 0 Å². The molecule has 0 aliphatic heterocycles. The fourth-order valence-corrected chi connectivity index (χ4v) is 2.35. The minimum absolute atomic E-state index is 0.215. The molecule has 0 radical (unpaired) electrons. The third-order valence-electron chi connectivity index (χ3n) is 3.13. The monoisotopic (exact) mass is 209 g/mol. The van der Waals surface area contributed by atoms with Gasteiger partial charge in [0.05, 0.1) is 0 Å². The van der Waals surface area contributed by atoms with Crippen LogP contribution in [0.3, 0.4) is 0 Å². The van der Waals surface area contributed by atoms with Gasteiger partial charge in [0.1, 0.15) is 0 Å². The maximum Gasteiger partial charge on any atom is 0.164 e. The Labute approximate surface area is 94.0 Å². The van der Waals surface area contributed by atoms with E-state index in [4.69, 9.17) is 0 Å². The molecule has 1 aromatic heterocycles. The number of aromatic nitrogens is 1. The zero-order chi connectivity index (χ0) is 11.0. The van der Waals surface area contributed by atoms with Crippen LogP contribution >= 0.6 is 0 Å². The van der Waals surface area contributed by atoms with Crippen LogP contribution in [-0.2, 0) is 0 Å². The van der Waals surface area contributed by atoms with Gasteiger partial charge in [0, 0.05) is 30.3 Å². The number of Topliss-reactive ketones (excluding diaryl/α,β-unsaturated/α-hetero) is 1.